The third-order valence-electron chi connectivity index (χ3n) is 2.86. The Hall–Kier alpha value is -2.63. The lowest BCUT2D eigenvalue weighted by Gasteiger charge is -2.07. The minimum absolute atomic E-state index is 0.00846. The van der Waals surface area contributed by atoms with Gasteiger partial charge in [-0.05, 0) is 30.2 Å². The molecule has 2 aromatic rings. The number of carbonyl (C=O) groups is 2. The molecule has 110 valence electrons. The van der Waals surface area contributed by atoms with Gasteiger partial charge in [0.2, 0.25) is 0 Å². The highest BCUT2D eigenvalue weighted by molar-refractivity contribution is 5.92. The van der Waals surface area contributed by atoms with Crippen LogP contribution in [0.1, 0.15) is 12.5 Å². The van der Waals surface area contributed by atoms with Crippen molar-refractivity contribution in [3.63, 3.8) is 0 Å². The lowest BCUT2D eigenvalue weighted by molar-refractivity contribution is -0.148. The maximum Gasteiger partial charge on any atom is 0.328 e. The second-order valence-electron chi connectivity index (χ2n) is 4.46. The number of hydrogen-bond donors (Lipinski definition) is 1. The maximum absolute atomic E-state index is 11.7. The number of esters is 1. The summed E-state index contributed by atoms with van der Waals surface area (Å²) in [5, 5.41) is 6.55. The lowest BCUT2D eigenvalue weighted by atomic mass is 10.1. The fraction of sp³-hybridized carbons (Fsp3) is 0.267. The average Bonchev–Trinajstić information content (AvgIpc) is 2.99. The Kier molecular flexibility index (Phi) is 5.09. The van der Waals surface area contributed by atoms with Crippen molar-refractivity contribution in [1.29, 1.82) is 0 Å². The summed E-state index contributed by atoms with van der Waals surface area (Å²) in [6.07, 6.45) is 4.16. The van der Waals surface area contributed by atoms with Gasteiger partial charge in [0.15, 0.2) is 6.61 Å². The third-order valence-corrected chi connectivity index (χ3v) is 2.86. The average molecular weight is 287 g/mol. The molecule has 0 spiro atoms. The molecule has 0 atom stereocenters. The summed E-state index contributed by atoms with van der Waals surface area (Å²) >= 11 is 0. The summed E-state index contributed by atoms with van der Waals surface area (Å²) in [7, 11) is 0. The van der Waals surface area contributed by atoms with Crippen LogP contribution in [0.3, 0.4) is 0 Å². The SMILES string of the molecule is CCc1ccc(NC(=O)COC(=O)Cn2cccn2)cc1. The van der Waals surface area contributed by atoms with Gasteiger partial charge in [-0.3, -0.25) is 14.3 Å². The van der Waals surface area contributed by atoms with Crippen LogP contribution in [0.2, 0.25) is 0 Å². The Bertz CT molecular complexity index is 591. The number of amides is 1. The highest BCUT2D eigenvalue weighted by atomic mass is 16.5. The van der Waals surface area contributed by atoms with Gasteiger partial charge in [0.25, 0.3) is 5.91 Å². The van der Waals surface area contributed by atoms with Crippen molar-refractivity contribution in [1.82, 2.24) is 9.78 Å². The fourth-order valence-corrected chi connectivity index (χ4v) is 1.74. The molecule has 21 heavy (non-hydrogen) atoms. The van der Waals surface area contributed by atoms with E-state index >= 15 is 0 Å². The molecule has 0 aliphatic heterocycles. The zero-order valence-corrected chi connectivity index (χ0v) is 11.8. The Balaban J connectivity index is 1.75. The van der Waals surface area contributed by atoms with Crippen LogP contribution < -0.4 is 5.32 Å². The monoisotopic (exact) mass is 287 g/mol. The first-order valence-electron chi connectivity index (χ1n) is 6.69. The highest BCUT2D eigenvalue weighted by Crippen LogP contribution is 2.09. The number of carbonyl (C=O) groups excluding carboxylic acids is 2. The second-order valence-corrected chi connectivity index (χ2v) is 4.46. The second kappa shape index (κ2) is 7.23. The summed E-state index contributed by atoms with van der Waals surface area (Å²) in [5.74, 6) is -0.872. The molecule has 0 fully saturated rings. The fourth-order valence-electron chi connectivity index (χ4n) is 1.74. The molecule has 0 unspecified atom stereocenters. The molecule has 0 saturated heterocycles. The summed E-state index contributed by atoms with van der Waals surface area (Å²) < 4.78 is 6.32. The first-order chi connectivity index (χ1) is 10.2. The Morgan fingerprint density at radius 3 is 2.67 bits per heavy atom. The van der Waals surface area contributed by atoms with Crippen LogP contribution in [0.15, 0.2) is 42.7 Å². The van der Waals surface area contributed by atoms with Crippen LogP contribution in [0.5, 0.6) is 0 Å². The van der Waals surface area contributed by atoms with Gasteiger partial charge in [-0.15, -0.1) is 0 Å². The van der Waals surface area contributed by atoms with E-state index in [-0.39, 0.29) is 19.1 Å². The van der Waals surface area contributed by atoms with Crippen LogP contribution in [-0.4, -0.2) is 28.3 Å². The number of aromatic nitrogens is 2. The van der Waals surface area contributed by atoms with Gasteiger partial charge in [-0.2, -0.15) is 5.10 Å². The molecule has 0 bridgehead atoms. The van der Waals surface area contributed by atoms with Gasteiger partial charge in [-0.1, -0.05) is 19.1 Å². The molecule has 1 heterocycles. The van der Waals surface area contributed by atoms with Crippen molar-refractivity contribution in [2.75, 3.05) is 11.9 Å². The van der Waals surface area contributed by atoms with E-state index in [2.05, 4.69) is 17.3 Å². The standard InChI is InChI=1S/C15H17N3O3/c1-2-12-4-6-13(7-5-12)17-14(19)11-21-15(20)10-18-9-3-8-16-18/h3-9H,2,10-11H2,1H3,(H,17,19). The predicted octanol–water partition coefficient (Wildman–Crippen LogP) is 1.63. The molecule has 0 saturated carbocycles. The van der Waals surface area contributed by atoms with Crippen LogP contribution in [0.4, 0.5) is 5.69 Å². The van der Waals surface area contributed by atoms with Gasteiger partial charge in [-0.25, -0.2) is 0 Å². The molecule has 0 aliphatic carbocycles. The van der Waals surface area contributed by atoms with Crippen molar-refractivity contribution < 1.29 is 14.3 Å². The van der Waals surface area contributed by atoms with Crippen molar-refractivity contribution in [2.45, 2.75) is 19.9 Å². The number of nitrogens with zero attached hydrogens (tertiary/aromatic N) is 2. The number of aryl methyl sites for hydroxylation is 1. The quantitative estimate of drug-likeness (QED) is 0.819. The summed E-state index contributed by atoms with van der Waals surface area (Å²) in [6.45, 7) is 1.74. The van der Waals surface area contributed by atoms with E-state index in [1.165, 1.54) is 10.2 Å². The van der Waals surface area contributed by atoms with E-state index in [0.717, 1.165) is 6.42 Å². The molecular weight excluding hydrogens is 270 g/mol. The summed E-state index contributed by atoms with van der Waals surface area (Å²) in [5.41, 5.74) is 1.87. The van der Waals surface area contributed by atoms with Crippen molar-refractivity contribution in [3.05, 3.63) is 48.3 Å². The highest BCUT2D eigenvalue weighted by Gasteiger charge is 2.08. The molecule has 0 radical (unpaired) electrons. The van der Waals surface area contributed by atoms with Gasteiger partial charge < -0.3 is 10.1 Å². The molecule has 0 aliphatic rings. The lowest BCUT2D eigenvalue weighted by Crippen LogP contribution is -2.23. The Morgan fingerprint density at radius 2 is 2.05 bits per heavy atom. The van der Waals surface area contributed by atoms with Crippen molar-refractivity contribution >= 4 is 17.6 Å². The van der Waals surface area contributed by atoms with E-state index in [4.69, 9.17) is 4.74 Å². The van der Waals surface area contributed by atoms with E-state index in [1.807, 2.05) is 24.3 Å². The normalized spacial score (nSPS) is 10.1. The Labute approximate surface area is 122 Å². The summed E-state index contributed by atoms with van der Waals surface area (Å²) in [6, 6.07) is 9.24. The van der Waals surface area contributed by atoms with E-state index in [9.17, 15) is 9.59 Å². The number of benzene rings is 1. The minimum Gasteiger partial charge on any atom is -0.454 e. The molecule has 1 aromatic carbocycles. The number of rotatable bonds is 6. The van der Waals surface area contributed by atoms with E-state index in [1.54, 1.807) is 18.5 Å². The van der Waals surface area contributed by atoms with Crippen molar-refractivity contribution in [3.8, 4) is 0 Å². The Morgan fingerprint density at radius 1 is 1.29 bits per heavy atom. The third kappa shape index (κ3) is 4.76. The van der Waals surface area contributed by atoms with Gasteiger partial charge in [0.1, 0.15) is 6.54 Å². The zero-order chi connectivity index (χ0) is 15.1. The van der Waals surface area contributed by atoms with Crippen LogP contribution >= 0.6 is 0 Å². The van der Waals surface area contributed by atoms with Gasteiger partial charge in [0, 0.05) is 18.1 Å². The number of anilines is 1. The molecule has 6 nitrogen and oxygen atoms in total. The van der Waals surface area contributed by atoms with Crippen LogP contribution in [0, 0.1) is 0 Å². The molecule has 1 amide bonds. The first-order valence-corrected chi connectivity index (χ1v) is 6.69. The maximum atomic E-state index is 11.7. The summed E-state index contributed by atoms with van der Waals surface area (Å²) in [4.78, 5) is 23.2. The predicted molar refractivity (Wildman–Crippen MR) is 77.6 cm³/mol. The van der Waals surface area contributed by atoms with Gasteiger partial charge >= 0.3 is 5.97 Å². The molecule has 1 N–H and O–H groups in total. The molecule has 2 rings (SSSR count). The topological polar surface area (TPSA) is 73.2 Å². The first kappa shape index (κ1) is 14.8. The van der Waals surface area contributed by atoms with E-state index < -0.39 is 5.97 Å². The number of hydrogen-bond acceptors (Lipinski definition) is 4. The van der Waals surface area contributed by atoms with E-state index in [0.29, 0.717) is 5.69 Å². The van der Waals surface area contributed by atoms with Crippen LogP contribution in [0.25, 0.3) is 0 Å². The number of nitrogens with one attached hydrogen (secondary N) is 1. The largest absolute Gasteiger partial charge is 0.454 e. The molecule has 6 heteroatoms. The van der Waals surface area contributed by atoms with Gasteiger partial charge in [0.05, 0.1) is 0 Å². The minimum atomic E-state index is -0.504. The van der Waals surface area contributed by atoms with Crippen LogP contribution in [-0.2, 0) is 27.3 Å². The smallest absolute Gasteiger partial charge is 0.328 e. The molecular formula is C15H17N3O3. The van der Waals surface area contributed by atoms with Crippen molar-refractivity contribution in [2.24, 2.45) is 0 Å². The zero-order valence-electron chi connectivity index (χ0n) is 11.8. The number of ether oxygens (including phenoxy) is 1. The molecule has 1 aromatic heterocycles.